The van der Waals surface area contributed by atoms with Crippen LogP contribution in [-0.2, 0) is 20.9 Å². The van der Waals surface area contributed by atoms with Crippen molar-refractivity contribution in [2.75, 3.05) is 32.8 Å². The van der Waals surface area contributed by atoms with Crippen molar-refractivity contribution >= 4 is 39.9 Å². The molecule has 1 aliphatic rings. The van der Waals surface area contributed by atoms with Crippen molar-refractivity contribution in [1.29, 1.82) is 0 Å². The minimum Gasteiger partial charge on any atom is -0.507 e. The van der Waals surface area contributed by atoms with E-state index in [1.165, 1.54) is 26.2 Å². The van der Waals surface area contributed by atoms with E-state index in [1.54, 1.807) is 44.2 Å². The van der Waals surface area contributed by atoms with Gasteiger partial charge in [-0.25, -0.2) is 9.78 Å². The second-order valence-electron chi connectivity index (χ2n) is 10.5. The van der Waals surface area contributed by atoms with Gasteiger partial charge in [0, 0.05) is 5.56 Å². The molecule has 1 aromatic heterocycles. The van der Waals surface area contributed by atoms with Gasteiger partial charge in [0.25, 0.3) is 5.78 Å². The molecule has 47 heavy (non-hydrogen) atoms. The summed E-state index contributed by atoms with van der Waals surface area (Å²) < 4.78 is 27.8. The van der Waals surface area contributed by atoms with Gasteiger partial charge in [-0.15, -0.1) is 0 Å². The molecule has 0 radical (unpaired) electrons. The van der Waals surface area contributed by atoms with Gasteiger partial charge in [-0.1, -0.05) is 41.7 Å². The zero-order valence-electron chi connectivity index (χ0n) is 26.8. The molecular weight excluding hydrogens is 624 g/mol. The number of amides is 1. The number of carbonyl (C=O) groups excluding carboxylic acids is 3. The Morgan fingerprint density at radius 2 is 1.62 bits per heavy atom. The number of benzene rings is 3. The Bertz CT molecular complexity index is 1840. The zero-order chi connectivity index (χ0) is 33.8. The number of Topliss-reactive ketones (excluding diaryl/α,β-unsaturated/α-hetero) is 1. The van der Waals surface area contributed by atoms with Crippen LogP contribution in [-0.4, -0.2) is 55.7 Å². The fraction of sp³-hybridized carbons (Fsp3) is 0.257. The van der Waals surface area contributed by atoms with E-state index in [1.807, 2.05) is 37.3 Å². The maximum absolute atomic E-state index is 13.8. The highest BCUT2D eigenvalue weighted by Gasteiger charge is 2.49. The standard InChI is InChI=1S/C35H34N2O9S/c1-7-45-34(41)32-20(3)36-35(47-32)37-28(23-16-25(42-4)31(44-6)26(17-23)43-5)27(30(39)33(37)40)29(38)22-13-14-24(19(2)15-22)46-18-21-11-9-8-10-12-21/h8-17,28,38H,7,18H2,1-6H3/t28-/m0/s1. The number of aliphatic hydroxyl groups is 1. The minimum atomic E-state index is -1.18. The van der Waals surface area contributed by atoms with Gasteiger partial charge in [0.15, 0.2) is 16.6 Å². The molecule has 0 bridgehead atoms. The van der Waals surface area contributed by atoms with Gasteiger partial charge in [0.2, 0.25) is 5.75 Å². The van der Waals surface area contributed by atoms with Crippen LogP contribution in [0, 0.1) is 13.8 Å². The second kappa shape index (κ2) is 14.0. The highest BCUT2D eigenvalue weighted by Crippen LogP contribution is 2.48. The van der Waals surface area contributed by atoms with Crippen molar-refractivity contribution in [3.05, 3.63) is 99.1 Å². The first kappa shape index (κ1) is 33.0. The highest BCUT2D eigenvalue weighted by molar-refractivity contribution is 7.17. The molecule has 244 valence electrons. The van der Waals surface area contributed by atoms with Crippen molar-refractivity contribution in [3.63, 3.8) is 0 Å². The molecule has 2 heterocycles. The summed E-state index contributed by atoms with van der Waals surface area (Å²) in [6.07, 6.45) is 0. The van der Waals surface area contributed by atoms with E-state index in [4.69, 9.17) is 23.7 Å². The number of hydrogen-bond donors (Lipinski definition) is 1. The number of ether oxygens (including phenoxy) is 5. The molecular formula is C35H34N2O9S. The van der Waals surface area contributed by atoms with E-state index in [0.717, 1.165) is 16.9 Å². The molecule has 1 N–H and O–H groups in total. The lowest BCUT2D eigenvalue weighted by molar-refractivity contribution is -0.132. The van der Waals surface area contributed by atoms with Gasteiger partial charge in [-0.2, -0.15) is 0 Å². The molecule has 3 aromatic carbocycles. The number of aromatic nitrogens is 1. The predicted molar refractivity (Wildman–Crippen MR) is 176 cm³/mol. The first-order chi connectivity index (χ1) is 22.6. The number of rotatable bonds is 11. The third-order valence-electron chi connectivity index (χ3n) is 7.58. The second-order valence-corrected chi connectivity index (χ2v) is 11.5. The fourth-order valence-electron chi connectivity index (χ4n) is 5.33. The SMILES string of the molecule is CCOC(=O)c1sc(N2C(=O)C(=O)C(=C(O)c3ccc(OCc4ccccc4)c(C)c3)[C@@H]2c2cc(OC)c(OC)c(OC)c2)nc1C. The number of aryl methyl sites for hydroxylation is 2. The Morgan fingerprint density at radius 3 is 2.21 bits per heavy atom. The van der Waals surface area contributed by atoms with Gasteiger partial charge in [-0.05, 0) is 67.8 Å². The number of thiazole rings is 1. The van der Waals surface area contributed by atoms with Gasteiger partial charge in [0.1, 0.15) is 23.0 Å². The van der Waals surface area contributed by atoms with Crippen molar-refractivity contribution in [1.82, 2.24) is 4.98 Å². The molecule has 11 nitrogen and oxygen atoms in total. The maximum atomic E-state index is 13.8. The van der Waals surface area contributed by atoms with Gasteiger partial charge in [0.05, 0.1) is 45.2 Å². The lowest BCUT2D eigenvalue weighted by atomic mass is 9.94. The summed E-state index contributed by atoms with van der Waals surface area (Å²) >= 11 is 0.913. The number of aliphatic hydroxyl groups excluding tert-OH is 1. The fourth-order valence-corrected chi connectivity index (χ4v) is 6.31. The monoisotopic (exact) mass is 658 g/mol. The van der Waals surface area contributed by atoms with E-state index in [-0.39, 0.29) is 33.7 Å². The summed E-state index contributed by atoms with van der Waals surface area (Å²) in [5.74, 6) is -1.44. The molecule has 0 unspecified atom stereocenters. The number of methoxy groups -OCH3 is 3. The minimum absolute atomic E-state index is 0.0753. The third kappa shape index (κ3) is 6.36. The topological polar surface area (TPSA) is 134 Å². The lowest BCUT2D eigenvalue weighted by Crippen LogP contribution is -2.29. The first-order valence-electron chi connectivity index (χ1n) is 14.7. The number of esters is 1. The van der Waals surface area contributed by atoms with Gasteiger partial charge in [-0.3, -0.25) is 14.5 Å². The molecule has 1 aliphatic heterocycles. The van der Waals surface area contributed by atoms with Gasteiger partial charge >= 0.3 is 11.9 Å². The summed E-state index contributed by atoms with van der Waals surface area (Å²) in [6.45, 7) is 5.61. The molecule has 1 fully saturated rings. The number of hydrogen-bond acceptors (Lipinski definition) is 11. The summed E-state index contributed by atoms with van der Waals surface area (Å²) in [5.41, 5.74) is 2.51. The van der Waals surface area contributed by atoms with Crippen LogP contribution < -0.4 is 23.8 Å². The Hall–Kier alpha value is -5.36. The smallest absolute Gasteiger partial charge is 0.350 e. The Kier molecular flexibility index (Phi) is 9.80. The van der Waals surface area contributed by atoms with E-state index >= 15 is 0 Å². The molecule has 1 saturated heterocycles. The van der Waals surface area contributed by atoms with Crippen molar-refractivity contribution in [2.24, 2.45) is 0 Å². The largest absolute Gasteiger partial charge is 0.507 e. The summed E-state index contributed by atoms with van der Waals surface area (Å²) in [6, 6.07) is 16.7. The molecule has 1 atom stereocenters. The predicted octanol–water partition coefficient (Wildman–Crippen LogP) is 6.17. The molecule has 0 aliphatic carbocycles. The van der Waals surface area contributed by atoms with Crippen LogP contribution in [0.3, 0.4) is 0 Å². The van der Waals surface area contributed by atoms with Crippen LogP contribution in [0.2, 0.25) is 0 Å². The number of anilines is 1. The molecule has 4 aromatic rings. The van der Waals surface area contributed by atoms with Crippen molar-refractivity contribution < 1.29 is 43.2 Å². The van der Waals surface area contributed by atoms with Gasteiger partial charge < -0.3 is 28.8 Å². The molecule has 5 rings (SSSR count). The average Bonchev–Trinajstić information content (AvgIpc) is 3.59. The third-order valence-corrected chi connectivity index (χ3v) is 8.72. The van der Waals surface area contributed by atoms with E-state index in [2.05, 4.69) is 4.98 Å². The maximum Gasteiger partial charge on any atom is 0.350 e. The molecule has 0 saturated carbocycles. The average molecular weight is 659 g/mol. The van der Waals surface area contributed by atoms with Crippen LogP contribution in [0.15, 0.2) is 66.2 Å². The van der Waals surface area contributed by atoms with E-state index in [9.17, 15) is 19.5 Å². The summed E-state index contributed by atoms with van der Waals surface area (Å²) in [5, 5.41) is 11.8. The lowest BCUT2D eigenvalue weighted by Gasteiger charge is -2.24. The number of ketones is 1. The van der Waals surface area contributed by atoms with E-state index < -0.39 is 29.5 Å². The van der Waals surface area contributed by atoms with Crippen LogP contribution in [0.1, 0.15) is 50.6 Å². The van der Waals surface area contributed by atoms with Crippen molar-refractivity contribution in [2.45, 2.75) is 33.4 Å². The van der Waals surface area contributed by atoms with Crippen LogP contribution in [0.4, 0.5) is 5.13 Å². The Labute approximate surface area is 275 Å². The quantitative estimate of drug-likeness (QED) is 0.0864. The summed E-state index contributed by atoms with van der Waals surface area (Å²) in [7, 11) is 4.34. The summed E-state index contributed by atoms with van der Waals surface area (Å²) in [4.78, 5) is 46.1. The van der Waals surface area contributed by atoms with Crippen LogP contribution in [0.25, 0.3) is 5.76 Å². The van der Waals surface area contributed by atoms with E-state index in [0.29, 0.717) is 40.5 Å². The molecule has 12 heteroatoms. The number of carbonyl (C=O) groups is 3. The Morgan fingerprint density at radius 1 is 0.936 bits per heavy atom. The highest BCUT2D eigenvalue weighted by atomic mass is 32.1. The normalized spacial score (nSPS) is 15.4. The number of nitrogens with zero attached hydrogens (tertiary/aromatic N) is 2. The first-order valence-corrected chi connectivity index (χ1v) is 15.5. The van der Waals surface area contributed by atoms with Crippen LogP contribution >= 0.6 is 11.3 Å². The molecule has 0 spiro atoms. The zero-order valence-corrected chi connectivity index (χ0v) is 27.6. The molecule has 1 amide bonds. The van der Waals surface area contributed by atoms with Crippen molar-refractivity contribution in [3.8, 4) is 23.0 Å². The Balaban J connectivity index is 1.65. The van der Waals surface area contributed by atoms with Crippen LogP contribution in [0.5, 0.6) is 23.0 Å².